The van der Waals surface area contributed by atoms with Crippen molar-refractivity contribution in [2.75, 3.05) is 34.2 Å². The van der Waals surface area contributed by atoms with Gasteiger partial charge in [-0.05, 0) is 38.7 Å². The van der Waals surface area contributed by atoms with E-state index in [-0.39, 0.29) is 5.91 Å². The Kier molecular flexibility index (Phi) is 5.96. The molecule has 6 heteroatoms. The molecule has 3 aromatic rings. The molecule has 0 aliphatic heterocycles. The van der Waals surface area contributed by atoms with Gasteiger partial charge in [-0.1, -0.05) is 19.4 Å². The summed E-state index contributed by atoms with van der Waals surface area (Å²) in [5, 5.41) is 0. The monoisotopic (exact) mass is 367 g/mol. The second-order valence-electron chi connectivity index (χ2n) is 7.26. The maximum atomic E-state index is 12.9. The minimum Gasteiger partial charge on any atom is -0.352 e. The van der Waals surface area contributed by atoms with Crippen molar-refractivity contribution in [3.05, 3.63) is 48.5 Å². The number of hydrogen-bond donors (Lipinski definition) is 0. The Morgan fingerprint density at radius 1 is 1.11 bits per heavy atom. The van der Waals surface area contributed by atoms with Crippen LogP contribution in [0.25, 0.3) is 16.9 Å². The summed E-state index contributed by atoms with van der Waals surface area (Å²) < 4.78 is 4.17. The summed E-state index contributed by atoms with van der Waals surface area (Å²) in [7, 11) is 5.99. The number of nitrogens with zero attached hydrogens (tertiary/aromatic N) is 5. The maximum absolute atomic E-state index is 12.9. The third-order valence-corrected chi connectivity index (χ3v) is 4.76. The Hall–Kier alpha value is -2.60. The Morgan fingerprint density at radius 3 is 2.67 bits per heavy atom. The Labute approximate surface area is 161 Å². The zero-order chi connectivity index (χ0) is 19.4. The topological polar surface area (TPSA) is 45.8 Å². The van der Waals surface area contributed by atoms with Crippen molar-refractivity contribution in [2.24, 2.45) is 0 Å². The lowest BCUT2D eigenvalue weighted by Gasteiger charge is -2.15. The molecule has 0 fully saturated rings. The number of rotatable bonds is 8. The van der Waals surface area contributed by atoms with E-state index in [1.54, 1.807) is 4.90 Å². The highest BCUT2D eigenvalue weighted by molar-refractivity contribution is 5.99. The highest BCUT2D eigenvalue weighted by Gasteiger charge is 2.21. The standard InChI is InChI=1S/C21H29N5O/c1-5-6-11-24(4)21(27)19-18-9-7-8-12-26(18)20(22-19)17-10-13-25(16-17)15-14-23(2)3/h7-10,12-13,16H,5-6,11,14-15H2,1-4H3. The van der Waals surface area contributed by atoms with E-state index >= 15 is 0 Å². The van der Waals surface area contributed by atoms with Gasteiger partial charge in [0.1, 0.15) is 5.82 Å². The van der Waals surface area contributed by atoms with Crippen molar-refractivity contribution in [3.63, 3.8) is 0 Å². The number of aromatic nitrogens is 3. The van der Waals surface area contributed by atoms with E-state index in [2.05, 4.69) is 48.9 Å². The van der Waals surface area contributed by atoms with E-state index in [1.807, 2.05) is 35.8 Å². The summed E-state index contributed by atoms with van der Waals surface area (Å²) in [6, 6.07) is 7.94. The largest absolute Gasteiger partial charge is 0.352 e. The molecule has 27 heavy (non-hydrogen) atoms. The molecule has 3 heterocycles. The molecule has 1 amide bonds. The number of unbranched alkanes of at least 4 members (excludes halogenated alkanes) is 1. The average molecular weight is 367 g/mol. The number of fused-ring (bicyclic) bond motifs is 1. The van der Waals surface area contributed by atoms with Gasteiger partial charge in [-0.25, -0.2) is 4.98 Å². The number of carbonyl (C=O) groups excluding carboxylic acids is 1. The van der Waals surface area contributed by atoms with Crippen molar-refractivity contribution in [3.8, 4) is 11.4 Å². The number of carbonyl (C=O) groups is 1. The first-order valence-corrected chi connectivity index (χ1v) is 9.54. The molecule has 0 aromatic carbocycles. The predicted octanol–water partition coefficient (Wildman–Crippen LogP) is 3.24. The van der Waals surface area contributed by atoms with Crippen LogP contribution in [0.5, 0.6) is 0 Å². The molecule has 144 valence electrons. The van der Waals surface area contributed by atoms with Crippen LogP contribution in [-0.4, -0.2) is 63.9 Å². The second kappa shape index (κ2) is 8.39. The molecule has 0 unspecified atom stereocenters. The van der Waals surface area contributed by atoms with Gasteiger partial charge in [-0.3, -0.25) is 9.20 Å². The zero-order valence-electron chi connectivity index (χ0n) is 16.7. The van der Waals surface area contributed by atoms with Crippen molar-refractivity contribution in [1.82, 2.24) is 23.8 Å². The number of amides is 1. The van der Waals surface area contributed by atoms with Gasteiger partial charge in [-0.15, -0.1) is 0 Å². The van der Waals surface area contributed by atoms with Crippen LogP contribution < -0.4 is 0 Å². The van der Waals surface area contributed by atoms with E-state index in [0.29, 0.717) is 5.69 Å². The molecule has 3 rings (SSSR count). The Bertz CT molecular complexity index is 908. The normalized spacial score (nSPS) is 11.4. The molecule has 0 N–H and O–H groups in total. The summed E-state index contributed by atoms with van der Waals surface area (Å²) in [6.45, 7) is 4.77. The predicted molar refractivity (Wildman–Crippen MR) is 109 cm³/mol. The molecule has 0 aliphatic rings. The van der Waals surface area contributed by atoms with E-state index in [4.69, 9.17) is 4.98 Å². The summed E-state index contributed by atoms with van der Waals surface area (Å²) in [4.78, 5) is 21.6. The van der Waals surface area contributed by atoms with Crippen molar-refractivity contribution in [2.45, 2.75) is 26.3 Å². The molecular formula is C21H29N5O. The van der Waals surface area contributed by atoms with Crippen LogP contribution in [0.15, 0.2) is 42.9 Å². The fourth-order valence-corrected chi connectivity index (χ4v) is 3.10. The molecule has 0 radical (unpaired) electrons. The van der Waals surface area contributed by atoms with Crippen LogP contribution in [-0.2, 0) is 6.54 Å². The zero-order valence-corrected chi connectivity index (χ0v) is 16.7. The first-order chi connectivity index (χ1) is 13.0. The van der Waals surface area contributed by atoms with Crippen LogP contribution in [0, 0.1) is 0 Å². The number of hydrogen-bond acceptors (Lipinski definition) is 3. The lowest BCUT2D eigenvalue weighted by Crippen LogP contribution is -2.28. The van der Waals surface area contributed by atoms with Gasteiger partial charge in [0.15, 0.2) is 5.69 Å². The lowest BCUT2D eigenvalue weighted by molar-refractivity contribution is 0.0790. The van der Waals surface area contributed by atoms with E-state index in [9.17, 15) is 4.79 Å². The molecule has 0 saturated carbocycles. The van der Waals surface area contributed by atoms with Gasteiger partial charge in [-0.2, -0.15) is 0 Å². The number of likely N-dealkylation sites (N-methyl/N-ethyl adjacent to an activating group) is 1. The number of pyridine rings is 1. The van der Waals surface area contributed by atoms with Crippen molar-refractivity contribution in [1.29, 1.82) is 0 Å². The highest BCUT2D eigenvalue weighted by atomic mass is 16.2. The van der Waals surface area contributed by atoms with Gasteiger partial charge in [0.05, 0.1) is 5.52 Å². The summed E-state index contributed by atoms with van der Waals surface area (Å²) >= 11 is 0. The minimum atomic E-state index is -0.0227. The summed E-state index contributed by atoms with van der Waals surface area (Å²) in [5.41, 5.74) is 2.39. The molecule has 0 spiro atoms. The molecule has 0 saturated heterocycles. The quantitative estimate of drug-likeness (QED) is 0.614. The summed E-state index contributed by atoms with van der Waals surface area (Å²) in [5.74, 6) is 0.784. The molecule has 6 nitrogen and oxygen atoms in total. The smallest absolute Gasteiger partial charge is 0.274 e. The SMILES string of the molecule is CCCCN(C)C(=O)c1nc(-c2ccn(CCN(C)C)c2)n2ccccc12. The third-order valence-electron chi connectivity index (χ3n) is 4.76. The lowest BCUT2D eigenvalue weighted by atomic mass is 10.2. The van der Waals surface area contributed by atoms with Crippen LogP contribution in [0.2, 0.25) is 0 Å². The van der Waals surface area contributed by atoms with Crippen LogP contribution in [0.4, 0.5) is 0 Å². The third kappa shape index (κ3) is 4.22. The van der Waals surface area contributed by atoms with Gasteiger partial charge in [0, 0.05) is 50.8 Å². The summed E-state index contributed by atoms with van der Waals surface area (Å²) in [6.07, 6.45) is 8.19. The molecule has 0 atom stereocenters. The second-order valence-corrected chi connectivity index (χ2v) is 7.26. The molecule has 0 bridgehead atoms. The van der Waals surface area contributed by atoms with E-state index in [1.165, 1.54) is 0 Å². The fraction of sp³-hybridized carbons (Fsp3) is 0.429. The van der Waals surface area contributed by atoms with E-state index in [0.717, 1.165) is 49.4 Å². The number of imidazole rings is 1. The van der Waals surface area contributed by atoms with Gasteiger partial charge >= 0.3 is 0 Å². The van der Waals surface area contributed by atoms with Crippen LogP contribution >= 0.6 is 0 Å². The van der Waals surface area contributed by atoms with Gasteiger partial charge in [0.25, 0.3) is 5.91 Å². The fourth-order valence-electron chi connectivity index (χ4n) is 3.10. The highest BCUT2D eigenvalue weighted by Crippen LogP contribution is 2.24. The maximum Gasteiger partial charge on any atom is 0.274 e. The van der Waals surface area contributed by atoms with Crippen LogP contribution in [0.1, 0.15) is 30.3 Å². The van der Waals surface area contributed by atoms with Crippen molar-refractivity contribution < 1.29 is 4.79 Å². The molecular weight excluding hydrogens is 338 g/mol. The van der Waals surface area contributed by atoms with Gasteiger partial charge in [0.2, 0.25) is 0 Å². The minimum absolute atomic E-state index is 0.0227. The van der Waals surface area contributed by atoms with Crippen molar-refractivity contribution >= 4 is 11.4 Å². The van der Waals surface area contributed by atoms with E-state index < -0.39 is 0 Å². The molecule has 3 aromatic heterocycles. The Balaban J connectivity index is 1.94. The van der Waals surface area contributed by atoms with Crippen LogP contribution in [0.3, 0.4) is 0 Å². The first kappa shape index (κ1) is 19.2. The molecule has 0 aliphatic carbocycles. The average Bonchev–Trinajstić information content (AvgIpc) is 3.28. The Morgan fingerprint density at radius 2 is 1.93 bits per heavy atom. The first-order valence-electron chi connectivity index (χ1n) is 9.54. The van der Waals surface area contributed by atoms with Gasteiger partial charge < -0.3 is 14.4 Å².